The van der Waals surface area contributed by atoms with Crippen LogP contribution in [-0.2, 0) is 9.53 Å². The van der Waals surface area contributed by atoms with Crippen molar-refractivity contribution in [3.8, 4) is 5.75 Å². The summed E-state index contributed by atoms with van der Waals surface area (Å²) in [5.74, 6) is 0.469. The molecule has 0 bridgehead atoms. The maximum absolute atomic E-state index is 11.3. The fourth-order valence-electron chi connectivity index (χ4n) is 2.40. The van der Waals surface area contributed by atoms with Gasteiger partial charge in [0.2, 0.25) is 5.91 Å². The lowest BCUT2D eigenvalue weighted by atomic mass is 10.0. The first kappa shape index (κ1) is 16.1. The summed E-state index contributed by atoms with van der Waals surface area (Å²) in [6, 6.07) is 14.8. The summed E-state index contributed by atoms with van der Waals surface area (Å²) >= 11 is 12.0. The number of amides is 1. The van der Waals surface area contributed by atoms with Crippen LogP contribution >= 0.6 is 23.2 Å². The van der Waals surface area contributed by atoms with Crippen molar-refractivity contribution in [2.24, 2.45) is 0 Å². The normalized spacial score (nSPS) is 19.0. The average Bonchev–Trinajstić information content (AvgIpc) is 2.58. The minimum atomic E-state index is -0.367. The van der Waals surface area contributed by atoms with Gasteiger partial charge in [0.15, 0.2) is 6.10 Å². The molecule has 2 unspecified atom stereocenters. The number of rotatable bonds is 4. The van der Waals surface area contributed by atoms with Crippen molar-refractivity contribution in [3.05, 3.63) is 64.1 Å². The number of benzene rings is 2. The average molecular weight is 352 g/mol. The molecule has 2 aromatic rings. The smallest absolute Gasteiger partial charge is 0.246 e. The molecule has 23 heavy (non-hydrogen) atoms. The summed E-state index contributed by atoms with van der Waals surface area (Å²) in [6.45, 7) is 0.415. The van der Waals surface area contributed by atoms with Crippen molar-refractivity contribution in [2.75, 3.05) is 13.2 Å². The van der Waals surface area contributed by atoms with E-state index in [-0.39, 0.29) is 24.7 Å². The van der Waals surface area contributed by atoms with Crippen LogP contribution in [0.2, 0.25) is 10.0 Å². The first-order valence-corrected chi connectivity index (χ1v) is 7.94. The van der Waals surface area contributed by atoms with Gasteiger partial charge in [0.05, 0.1) is 10.0 Å². The zero-order chi connectivity index (χ0) is 16.2. The van der Waals surface area contributed by atoms with E-state index in [1.54, 1.807) is 18.2 Å². The molecule has 2 aromatic carbocycles. The van der Waals surface area contributed by atoms with E-state index in [1.807, 2.05) is 30.3 Å². The molecule has 1 saturated heterocycles. The summed E-state index contributed by atoms with van der Waals surface area (Å²) in [5.41, 5.74) is 0.958. The Hall–Kier alpha value is -1.75. The predicted molar refractivity (Wildman–Crippen MR) is 89.0 cm³/mol. The molecule has 1 aliphatic rings. The summed E-state index contributed by atoms with van der Waals surface area (Å²) in [5, 5.41) is 3.69. The minimum absolute atomic E-state index is 0.0265. The van der Waals surface area contributed by atoms with Gasteiger partial charge in [-0.1, -0.05) is 53.5 Å². The number of nitrogens with one attached hydrogen (secondary N) is 1. The van der Waals surface area contributed by atoms with Gasteiger partial charge in [-0.3, -0.25) is 4.79 Å². The van der Waals surface area contributed by atoms with Crippen LogP contribution in [0.1, 0.15) is 11.7 Å². The van der Waals surface area contributed by atoms with Crippen LogP contribution in [0.3, 0.4) is 0 Å². The second-order valence-electron chi connectivity index (χ2n) is 5.18. The number of hydrogen-bond donors (Lipinski definition) is 1. The Balaban J connectivity index is 1.85. The zero-order valence-corrected chi connectivity index (χ0v) is 13.7. The second kappa shape index (κ2) is 7.21. The topological polar surface area (TPSA) is 47.6 Å². The molecule has 3 rings (SSSR count). The molecule has 6 heteroatoms. The standard InChI is InChI=1S/C17H15Cl2NO3/c18-13-7-6-12(8-14(13)19)23-17(11-4-2-1-3-5-11)15-9-20-16(21)10-22-15/h1-8,15,17H,9-10H2,(H,20,21). The molecule has 0 aliphatic carbocycles. The number of carbonyl (C=O) groups excluding carboxylic acids is 1. The lowest BCUT2D eigenvalue weighted by molar-refractivity contribution is -0.137. The molecule has 2 atom stereocenters. The monoisotopic (exact) mass is 351 g/mol. The van der Waals surface area contributed by atoms with Gasteiger partial charge in [0.1, 0.15) is 18.5 Å². The molecule has 0 aromatic heterocycles. The zero-order valence-electron chi connectivity index (χ0n) is 12.2. The van der Waals surface area contributed by atoms with Crippen molar-refractivity contribution < 1.29 is 14.3 Å². The van der Waals surface area contributed by atoms with Crippen LogP contribution in [0.15, 0.2) is 48.5 Å². The summed E-state index contributed by atoms with van der Waals surface area (Å²) in [6.07, 6.45) is -0.654. The van der Waals surface area contributed by atoms with Crippen LogP contribution in [0.4, 0.5) is 0 Å². The van der Waals surface area contributed by atoms with Gasteiger partial charge in [0.25, 0.3) is 0 Å². The largest absolute Gasteiger partial charge is 0.483 e. The Labute approximate surface area is 144 Å². The lowest BCUT2D eigenvalue weighted by Crippen LogP contribution is -2.46. The molecule has 1 fully saturated rings. The minimum Gasteiger partial charge on any atom is -0.483 e. The SMILES string of the molecule is O=C1COC(C(Oc2ccc(Cl)c(Cl)c2)c2ccccc2)CN1. The maximum atomic E-state index is 11.3. The van der Waals surface area contributed by atoms with Gasteiger partial charge < -0.3 is 14.8 Å². The molecule has 4 nitrogen and oxygen atoms in total. The van der Waals surface area contributed by atoms with Gasteiger partial charge in [-0.15, -0.1) is 0 Å². The van der Waals surface area contributed by atoms with E-state index in [9.17, 15) is 4.79 Å². The van der Waals surface area contributed by atoms with E-state index in [0.29, 0.717) is 22.3 Å². The Morgan fingerprint density at radius 3 is 2.57 bits per heavy atom. The Morgan fingerprint density at radius 2 is 1.91 bits per heavy atom. The first-order chi connectivity index (χ1) is 11.1. The Kier molecular flexibility index (Phi) is 5.06. The highest BCUT2D eigenvalue weighted by Gasteiger charge is 2.30. The predicted octanol–water partition coefficient (Wildman–Crippen LogP) is 3.63. The van der Waals surface area contributed by atoms with Gasteiger partial charge >= 0.3 is 0 Å². The number of hydrogen-bond acceptors (Lipinski definition) is 3. The summed E-state index contributed by atoms with van der Waals surface area (Å²) in [4.78, 5) is 11.3. The van der Waals surface area contributed by atoms with Crippen molar-refractivity contribution >= 4 is 29.1 Å². The van der Waals surface area contributed by atoms with Gasteiger partial charge in [-0.05, 0) is 17.7 Å². The summed E-state index contributed by atoms with van der Waals surface area (Å²) in [7, 11) is 0. The van der Waals surface area contributed by atoms with Crippen molar-refractivity contribution in [3.63, 3.8) is 0 Å². The number of morpholine rings is 1. The van der Waals surface area contributed by atoms with Gasteiger partial charge in [-0.2, -0.15) is 0 Å². The second-order valence-corrected chi connectivity index (χ2v) is 5.99. The highest BCUT2D eigenvalue weighted by atomic mass is 35.5. The van der Waals surface area contributed by atoms with Crippen LogP contribution in [-0.4, -0.2) is 25.2 Å². The molecule has 1 N–H and O–H groups in total. The fraction of sp³-hybridized carbons (Fsp3) is 0.235. The van der Waals surface area contributed by atoms with E-state index < -0.39 is 0 Å². The summed E-state index contributed by atoms with van der Waals surface area (Å²) < 4.78 is 11.7. The first-order valence-electron chi connectivity index (χ1n) is 7.18. The maximum Gasteiger partial charge on any atom is 0.246 e. The lowest BCUT2D eigenvalue weighted by Gasteiger charge is -2.31. The van der Waals surface area contributed by atoms with Crippen LogP contribution in [0, 0.1) is 0 Å². The van der Waals surface area contributed by atoms with Crippen LogP contribution in [0.5, 0.6) is 5.75 Å². The quantitative estimate of drug-likeness (QED) is 0.914. The van der Waals surface area contributed by atoms with Crippen molar-refractivity contribution in [2.45, 2.75) is 12.2 Å². The molecule has 1 aliphatic heterocycles. The molecule has 1 heterocycles. The van der Waals surface area contributed by atoms with E-state index in [2.05, 4.69) is 5.32 Å². The highest BCUT2D eigenvalue weighted by Crippen LogP contribution is 2.31. The van der Waals surface area contributed by atoms with E-state index >= 15 is 0 Å². The van der Waals surface area contributed by atoms with E-state index in [1.165, 1.54) is 0 Å². The fourth-order valence-corrected chi connectivity index (χ4v) is 2.69. The molecule has 0 radical (unpaired) electrons. The van der Waals surface area contributed by atoms with Gasteiger partial charge in [-0.25, -0.2) is 0 Å². The number of ether oxygens (including phenoxy) is 2. The molecular weight excluding hydrogens is 337 g/mol. The van der Waals surface area contributed by atoms with Crippen LogP contribution in [0.25, 0.3) is 0 Å². The highest BCUT2D eigenvalue weighted by molar-refractivity contribution is 6.42. The van der Waals surface area contributed by atoms with E-state index in [4.69, 9.17) is 32.7 Å². The molecule has 0 spiro atoms. The number of halogens is 2. The van der Waals surface area contributed by atoms with Crippen molar-refractivity contribution in [1.29, 1.82) is 0 Å². The molecular formula is C17H15Cl2NO3. The third-order valence-electron chi connectivity index (χ3n) is 3.55. The third-order valence-corrected chi connectivity index (χ3v) is 4.29. The van der Waals surface area contributed by atoms with E-state index in [0.717, 1.165) is 5.56 Å². The van der Waals surface area contributed by atoms with Crippen LogP contribution < -0.4 is 10.1 Å². The molecule has 120 valence electrons. The Morgan fingerprint density at radius 1 is 1.13 bits per heavy atom. The third kappa shape index (κ3) is 3.96. The van der Waals surface area contributed by atoms with Crippen molar-refractivity contribution in [1.82, 2.24) is 5.32 Å². The molecule has 0 saturated carbocycles. The number of carbonyl (C=O) groups is 1. The molecule has 1 amide bonds. The van der Waals surface area contributed by atoms with Gasteiger partial charge in [0, 0.05) is 12.6 Å². The Bertz CT molecular complexity index is 683.